The molecule has 0 aromatic heterocycles. The highest BCUT2D eigenvalue weighted by atomic mass is 16.5. The summed E-state index contributed by atoms with van der Waals surface area (Å²) in [6, 6.07) is 20.0. The second kappa shape index (κ2) is 7.16. The number of hydrogen-bond donors (Lipinski definition) is 1. The first kappa shape index (κ1) is 15.4. The molecule has 0 saturated carbocycles. The van der Waals surface area contributed by atoms with Crippen LogP contribution in [0.15, 0.2) is 60.7 Å². The Morgan fingerprint density at radius 1 is 0.870 bits per heavy atom. The molecule has 3 aromatic rings. The van der Waals surface area contributed by atoms with E-state index in [1.165, 1.54) is 10.8 Å². The van der Waals surface area contributed by atoms with Gasteiger partial charge in [0, 0.05) is 0 Å². The Balaban J connectivity index is 1.85. The summed E-state index contributed by atoms with van der Waals surface area (Å²) in [6.07, 6.45) is 0. The fourth-order valence-electron chi connectivity index (χ4n) is 2.61. The van der Waals surface area contributed by atoms with Crippen LogP contribution in [-0.2, 0) is 13.2 Å². The minimum absolute atomic E-state index is 0.0102. The number of hydrogen-bond acceptors (Lipinski definition) is 3. The van der Waals surface area contributed by atoms with E-state index in [9.17, 15) is 5.11 Å². The summed E-state index contributed by atoms with van der Waals surface area (Å²) in [5.41, 5.74) is 1.95. The van der Waals surface area contributed by atoms with E-state index in [4.69, 9.17) is 9.47 Å². The monoisotopic (exact) mass is 308 g/mol. The highest BCUT2D eigenvalue weighted by Gasteiger charge is 2.08. The van der Waals surface area contributed by atoms with Gasteiger partial charge in [0.2, 0.25) is 0 Å². The second-order valence-electron chi connectivity index (χ2n) is 5.30. The van der Waals surface area contributed by atoms with Crippen molar-refractivity contribution in [2.24, 2.45) is 0 Å². The number of rotatable bonds is 6. The lowest BCUT2D eigenvalue weighted by atomic mass is 10.1. The van der Waals surface area contributed by atoms with E-state index < -0.39 is 0 Å². The van der Waals surface area contributed by atoms with Gasteiger partial charge < -0.3 is 14.6 Å². The maximum Gasteiger partial charge on any atom is 0.161 e. The molecule has 3 nitrogen and oxygen atoms in total. The van der Waals surface area contributed by atoms with Gasteiger partial charge in [-0.15, -0.1) is 0 Å². The van der Waals surface area contributed by atoms with Gasteiger partial charge in [0.25, 0.3) is 0 Å². The summed E-state index contributed by atoms with van der Waals surface area (Å²) in [5.74, 6) is 1.36. The number of ether oxygens (including phenoxy) is 2. The fraction of sp³-hybridized carbons (Fsp3) is 0.200. The van der Waals surface area contributed by atoms with E-state index in [-0.39, 0.29) is 6.61 Å². The third kappa shape index (κ3) is 3.46. The van der Waals surface area contributed by atoms with Crippen molar-refractivity contribution in [2.45, 2.75) is 20.1 Å². The van der Waals surface area contributed by atoms with E-state index >= 15 is 0 Å². The van der Waals surface area contributed by atoms with Crippen LogP contribution < -0.4 is 9.47 Å². The molecule has 3 rings (SSSR count). The molecule has 0 radical (unpaired) electrons. The van der Waals surface area contributed by atoms with E-state index in [0.717, 1.165) is 11.1 Å². The van der Waals surface area contributed by atoms with Crippen molar-refractivity contribution >= 4 is 10.8 Å². The van der Waals surface area contributed by atoms with E-state index in [1.807, 2.05) is 43.3 Å². The zero-order valence-electron chi connectivity index (χ0n) is 13.2. The van der Waals surface area contributed by atoms with Crippen LogP contribution in [0.2, 0.25) is 0 Å². The van der Waals surface area contributed by atoms with Crippen molar-refractivity contribution in [3.63, 3.8) is 0 Å². The van der Waals surface area contributed by atoms with Crippen molar-refractivity contribution in [1.29, 1.82) is 0 Å². The first-order valence-electron chi connectivity index (χ1n) is 7.78. The van der Waals surface area contributed by atoms with Crippen molar-refractivity contribution in [3.05, 3.63) is 71.8 Å². The minimum atomic E-state index is -0.0102. The van der Waals surface area contributed by atoms with Crippen molar-refractivity contribution < 1.29 is 14.6 Å². The lowest BCUT2D eigenvalue weighted by Crippen LogP contribution is -2.01. The average molecular weight is 308 g/mol. The number of benzene rings is 3. The Bertz CT molecular complexity index is 790. The topological polar surface area (TPSA) is 38.7 Å². The molecular weight excluding hydrogens is 288 g/mol. The Kier molecular flexibility index (Phi) is 4.79. The van der Waals surface area contributed by atoms with Crippen molar-refractivity contribution in [1.82, 2.24) is 0 Å². The SMILES string of the molecule is CCOc1cc(CO)ccc1OCc1cccc2ccccc12. The Labute approximate surface area is 136 Å². The molecule has 0 saturated heterocycles. The molecule has 0 spiro atoms. The molecular formula is C20H20O3. The molecule has 0 bridgehead atoms. The third-order valence-corrected chi connectivity index (χ3v) is 3.75. The number of aliphatic hydroxyl groups excluding tert-OH is 1. The van der Waals surface area contributed by atoms with E-state index in [0.29, 0.717) is 24.7 Å². The quantitative estimate of drug-likeness (QED) is 0.737. The van der Waals surface area contributed by atoms with Gasteiger partial charge in [0.05, 0.1) is 13.2 Å². The second-order valence-corrected chi connectivity index (χ2v) is 5.30. The standard InChI is InChI=1S/C20H20O3/c1-2-22-20-12-15(13-21)10-11-19(20)23-14-17-8-5-7-16-6-3-4-9-18(16)17/h3-12,21H,2,13-14H2,1H3. The maximum atomic E-state index is 9.25. The molecule has 0 amide bonds. The molecule has 0 aliphatic rings. The predicted molar refractivity (Wildman–Crippen MR) is 91.8 cm³/mol. The van der Waals surface area contributed by atoms with Gasteiger partial charge in [-0.2, -0.15) is 0 Å². The van der Waals surface area contributed by atoms with Crippen LogP contribution in [0.5, 0.6) is 11.5 Å². The normalized spacial score (nSPS) is 10.7. The van der Waals surface area contributed by atoms with Gasteiger partial charge >= 0.3 is 0 Å². The van der Waals surface area contributed by atoms with Crippen LogP contribution in [0.1, 0.15) is 18.1 Å². The summed E-state index contributed by atoms with van der Waals surface area (Å²) in [5, 5.41) is 11.6. The molecule has 118 valence electrons. The largest absolute Gasteiger partial charge is 0.490 e. The van der Waals surface area contributed by atoms with Crippen LogP contribution >= 0.6 is 0 Å². The summed E-state index contributed by atoms with van der Waals surface area (Å²) in [7, 11) is 0. The molecule has 3 heteroatoms. The lowest BCUT2D eigenvalue weighted by Gasteiger charge is -2.14. The van der Waals surface area contributed by atoms with Crippen molar-refractivity contribution in [2.75, 3.05) is 6.61 Å². The van der Waals surface area contributed by atoms with Crippen LogP contribution in [0.3, 0.4) is 0 Å². The van der Waals surface area contributed by atoms with Gasteiger partial charge in [-0.05, 0) is 41.0 Å². The minimum Gasteiger partial charge on any atom is -0.490 e. The molecule has 1 N–H and O–H groups in total. The average Bonchev–Trinajstić information content (AvgIpc) is 2.61. The molecule has 0 atom stereocenters. The lowest BCUT2D eigenvalue weighted by molar-refractivity contribution is 0.264. The summed E-state index contributed by atoms with van der Waals surface area (Å²) >= 11 is 0. The number of fused-ring (bicyclic) bond motifs is 1. The fourth-order valence-corrected chi connectivity index (χ4v) is 2.61. The maximum absolute atomic E-state index is 9.25. The molecule has 3 aromatic carbocycles. The van der Waals surface area contributed by atoms with Crippen LogP contribution in [0.25, 0.3) is 10.8 Å². The smallest absolute Gasteiger partial charge is 0.161 e. The Hall–Kier alpha value is -2.52. The molecule has 0 aliphatic carbocycles. The first-order chi connectivity index (χ1) is 11.3. The Morgan fingerprint density at radius 2 is 1.70 bits per heavy atom. The highest BCUT2D eigenvalue weighted by molar-refractivity contribution is 5.85. The third-order valence-electron chi connectivity index (χ3n) is 3.75. The van der Waals surface area contributed by atoms with Crippen LogP contribution in [0, 0.1) is 0 Å². The molecule has 0 aliphatic heterocycles. The van der Waals surface area contributed by atoms with Gasteiger partial charge in [-0.25, -0.2) is 0 Å². The van der Waals surface area contributed by atoms with E-state index in [2.05, 4.69) is 24.3 Å². The first-order valence-corrected chi connectivity index (χ1v) is 7.78. The Morgan fingerprint density at radius 3 is 2.52 bits per heavy atom. The van der Waals surface area contributed by atoms with Gasteiger partial charge in [-0.1, -0.05) is 48.5 Å². The number of aliphatic hydroxyl groups is 1. The summed E-state index contributed by atoms with van der Waals surface area (Å²) in [4.78, 5) is 0. The van der Waals surface area contributed by atoms with Gasteiger partial charge in [0.15, 0.2) is 11.5 Å². The zero-order valence-corrected chi connectivity index (χ0v) is 13.2. The molecule has 0 heterocycles. The molecule has 0 unspecified atom stereocenters. The summed E-state index contributed by atoms with van der Waals surface area (Å²) in [6.45, 7) is 2.95. The van der Waals surface area contributed by atoms with Crippen molar-refractivity contribution in [3.8, 4) is 11.5 Å². The highest BCUT2D eigenvalue weighted by Crippen LogP contribution is 2.30. The summed E-state index contributed by atoms with van der Waals surface area (Å²) < 4.78 is 11.6. The molecule has 0 fully saturated rings. The predicted octanol–water partition coefficient (Wildman–Crippen LogP) is 4.31. The molecule has 23 heavy (non-hydrogen) atoms. The van der Waals surface area contributed by atoms with E-state index in [1.54, 1.807) is 0 Å². The van der Waals surface area contributed by atoms with Gasteiger partial charge in [0.1, 0.15) is 6.61 Å². The van der Waals surface area contributed by atoms with Crippen LogP contribution in [0.4, 0.5) is 0 Å². The zero-order chi connectivity index (χ0) is 16.1. The van der Waals surface area contributed by atoms with Gasteiger partial charge in [-0.3, -0.25) is 0 Å². The van der Waals surface area contributed by atoms with Crippen LogP contribution in [-0.4, -0.2) is 11.7 Å².